The molecule has 5 heteroatoms. The van der Waals surface area contributed by atoms with Crippen LogP contribution in [0.3, 0.4) is 0 Å². The number of nitrogens with zero attached hydrogens (tertiary/aromatic N) is 3. The Hall–Kier alpha value is -1.90. The fourth-order valence-electron chi connectivity index (χ4n) is 3.35. The summed E-state index contributed by atoms with van der Waals surface area (Å²) in [6.45, 7) is 1.14. The van der Waals surface area contributed by atoms with Crippen LogP contribution in [0.2, 0.25) is 0 Å². The van der Waals surface area contributed by atoms with Crippen molar-refractivity contribution in [1.82, 2.24) is 9.55 Å². The summed E-state index contributed by atoms with van der Waals surface area (Å²) in [4.78, 5) is 4.38. The molecule has 0 aliphatic heterocycles. The zero-order valence-electron chi connectivity index (χ0n) is 12.0. The molecule has 3 N–H and O–H groups in total. The topological polar surface area (TPSA) is 87.9 Å². The number of aromatic nitrogens is 2. The van der Waals surface area contributed by atoms with Gasteiger partial charge < -0.3 is 15.4 Å². The van der Waals surface area contributed by atoms with Crippen LogP contribution in [-0.2, 0) is 6.54 Å². The Morgan fingerprint density at radius 3 is 3.14 bits per heavy atom. The summed E-state index contributed by atoms with van der Waals surface area (Å²) >= 11 is 0. The number of imidazole rings is 1. The lowest BCUT2D eigenvalue weighted by Gasteiger charge is -2.36. The van der Waals surface area contributed by atoms with Crippen molar-refractivity contribution in [2.24, 2.45) is 11.7 Å². The van der Waals surface area contributed by atoms with E-state index in [0.717, 1.165) is 43.3 Å². The highest BCUT2D eigenvalue weighted by Crippen LogP contribution is 2.33. The fraction of sp³-hybridized carbons (Fsp3) is 0.500. The molecular formula is C16H20N4O. The Morgan fingerprint density at radius 1 is 1.52 bits per heavy atom. The molecule has 0 saturated heterocycles. The number of aliphatic hydroxyl groups is 1. The Morgan fingerprint density at radius 2 is 2.38 bits per heavy atom. The first-order valence-corrected chi connectivity index (χ1v) is 7.41. The van der Waals surface area contributed by atoms with Crippen LogP contribution in [0, 0.1) is 17.2 Å². The highest BCUT2D eigenvalue weighted by molar-refractivity contribution is 5.76. The van der Waals surface area contributed by atoms with Crippen molar-refractivity contribution in [3.8, 4) is 6.07 Å². The number of nitrogens with two attached hydrogens (primary N) is 1. The van der Waals surface area contributed by atoms with Gasteiger partial charge in [0.15, 0.2) is 0 Å². The molecule has 0 spiro atoms. The Labute approximate surface area is 124 Å². The van der Waals surface area contributed by atoms with E-state index in [-0.39, 0.29) is 0 Å². The lowest BCUT2D eigenvalue weighted by Crippen LogP contribution is -2.42. The molecule has 2 atom stereocenters. The third kappa shape index (κ3) is 2.78. The third-order valence-corrected chi connectivity index (χ3v) is 4.51. The fourth-order valence-corrected chi connectivity index (χ4v) is 3.35. The smallest absolute Gasteiger partial charge is 0.0992 e. The number of nitriles is 1. The molecular weight excluding hydrogens is 264 g/mol. The molecule has 2 aromatic rings. The largest absolute Gasteiger partial charge is 0.389 e. The maximum atomic E-state index is 10.4. The molecule has 2 unspecified atom stereocenters. The average Bonchev–Trinajstić information content (AvgIpc) is 2.89. The van der Waals surface area contributed by atoms with Gasteiger partial charge in [0.05, 0.1) is 34.6 Å². The van der Waals surface area contributed by atoms with E-state index in [9.17, 15) is 5.11 Å². The molecule has 1 saturated carbocycles. The van der Waals surface area contributed by atoms with Crippen molar-refractivity contribution < 1.29 is 5.11 Å². The van der Waals surface area contributed by atoms with Crippen LogP contribution in [0.4, 0.5) is 0 Å². The summed E-state index contributed by atoms with van der Waals surface area (Å²) in [7, 11) is 0. The van der Waals surface area contributed by atoms with Crippen LogP contribution in [0.15, 0.2) is 24.5 Å². The molecule has 5 nitrogen and oxygen atoms in total. The van der Waals surface area contributed by atoms with Gasteiger partial charge in [-0.2, -0.15) is 5.26 Å². The molecule has 21 heavy (non-hydrogen) atoms. The predicted octanol–water partition coefficient (Wildman–Crippen LogP) is 1.79. The summed E-state index contributed by atoms with van der Waals surface area (Å²) < 4.78 is 2.09. The van der Waals surface area contributed by atoms with Crippen LogP contribution < -0.4 is 5.73 Å². The quantitative estimate of drug-likeness (QED) is 0.899. The second kappa shape index (κ2) is 5.47. The molecule has 3 rings (SSSR count). The number of benzene rings is 1. The molecule has 1 aliphatic rings. The summed E-state index contributed by atoms with van der Waals surface area (Å²) in [5.74, 6) is 0.399. The minimum absolute atomic E-state index is 0.326. The van der Waals surface area contributed by atoms with Crippen LogP contribution in [0.25, 0.3) is 11.0 Å². The maximum Gasteiger partial charge on any atom is 0.0992 e. The first-order valence-electron chi connectivity index (χ1n) is 7.41. The first kappa shape index (κ1) is 14.1. The molecule has 0 amide bonds. The number of hydrogen-bond acceptors (Lipinski definition) is 4. The highest BCUT2D eigenvalue weighted by Gasteiger charge is 2.33. The van der Waals surface area contributed by atoms with Gasteiger partial charge in [0.1, 0.15) is 0 Å². The lowest BCUT2D eigenvalue weighted by atomic mass is 9.78. The van der Waals surface area contributed by atoms with Crippen LogP contribution >= 0.6 is 0 Å². The van der Waals surface area contributed by atoms with E-state index in [1.807, 2.05) is 18.5 Å². The SMILES string of the molecule is N#Cc1ccc2ncn(CC3CCCC(O)(CN)C3)c2c1. The zero-order valence-corrected chi connectivity index (χ0v) is 12.0. The molecule has 0 radical (unpaired) electrons. The van der Waals surface area contributed by atoms with Gasteiger partial charge in [-0.15, -0.1) is 0 Å². The van der Waals surface area contributed by atoms with E-state index in [1.165, 1.54) is 0 Å². The predicted molar refractivity (Wildman–Crippen MR) is 80.4 cm³/mol. The van der Waals surface area contributed by atoms with E-state index < -0.39 is 5.60 Å². The van der Waals surface area contributed by atoms with Crippen molar-refractivity contribution in [2.75, 3.05) is 6.54 Å². The minimum Gasteiger partial charge on any atom is -0.389 e. The molecule has 1 fully saturated rings. The van der Waals surface area contributed by atoms with Gasteiger partial charge in [0, 0.05) is 13.1 Å². The zero-order chi connectivity index (χ0) is 14.9. The summed E-state index contributed by atoms with van der Waals surface area (Å²) in [6, 6.07) is 7.70. The van der Waals surface area contributed by atoms with Gasteiger partial charge in [0.2, 0.25) is 0 Å². The molecule has 1 heterocycles. The van der Waals surface area contributed by atoms with E-state index >= 15 is 0 Å². The van der Waals surface area contributed by atoms with Crippen molar-refractivity contribution in [3.05, 3.63) is 30.1 Å². The summed E-state index contributed by atoms with van der Waals surface area (Å²) in [6.07, 6.45) is 5.46. The molecule has 1 aliphatic carbocycles. The first-order chi connectivity index (χ1) is 10.1. The van der Waals surface area contributed by atoms with Gasteiger partial charge in [-0.1, -0.05) is 6.42 Å². The minimum atomic E-state index is -0.711. The van der Waals surface area contributed by atoms with Gasteiger partial charge in [0.25, 0.3) is 0 Å². The van der Waals surface area contributed by atoms with Crippen LogP contribution in [0.1, 0.15) is 31.2 Å². The van der Waals surface area contributed by atoms with E-state index in [0.29, 0.717) is 18.0 Å². The Kier molecular flexibility index (Phi) is 3.66. The van der Waals surface area contributed by atoms with Gasteiger partial charge in [-0.05, 0) is 43.4 Å². The Bertz CT molecular complexity index is 687. The summed E-state index contributed by atoms with van der Waals surface area (Å²) in [5, 5.41) is 19.4. The van der Waals surface area contributed by atoms with Crippen LogP contribution in [-0.4, -0.2) is 26.8 Å². The molecule has 1 aromatic heterocycles. The third-order valence-electron chi connectivity index (χ3n) is 4.51. The normalized spacial score (nSPS) is 25.9. The van der Waals surface area contributed by atoms with Crippen molar-refractivity contribution in [1.29, 1.82) is 5.26 Å². The second-order valence-electron chi connectivity index (χ2n) is 6.10. The lowest BCUT2D eigenvalue weighted by molar-refractivity contribution is -0.0106. The second-order valence-corrected chi connectivity index (χ2v) is 6.10. The summed E-state index contributed by atoms with van der Waals surface area (Å²) in [5.41, 5.74) is 7.51. The standard InChI is InChI=1S/C16H20N4O/c17-8-12-3-4-14-15(6-12)20(11-19-14)9-13-2-1-5-16(21,7-13)10-18/h3-4,6,11,13,21H,1-2,5,7,9-10,18H2. The van der Waals surface area contributed by atoms with Gasteiger partial charge in [-0.3, -0.25) is 0 Å². The average molecular weight is 284 g/mol. The molecule has 1 aromatic carbocycles. The number of rotatable bonds is 3. The van der Waals surface area contributed by atoms with Crippen molar-refractivity contribution in [3.63, 3.8) is 0 Å². The molecule has 110 valence electrons. The van der Waals surface area contributed by atoms with Crippen molar-refractivity contribution in [2.45, 2.75) is 37.8 Å². The van der Waals surface area contributed by atoms with Crippen molar-refractivity contribution >= 4 is 11.0 Å². The molecule has 0 bridgehead atoms. The van der Waals surface area contributed by atoms with E-state index in [4.69, 9.17) is 11.0 Å². The van der Waals surface area contributed by atoms with Gasteiger partial charge >= 0.3 is 0 Å². The highest BCUT2D eigenvalue weighted by atomic mass is 16.3. The number of hydrogen-bond donors (Lipinski definition) is 2. The Balaban J connectivity index is 1.83. The van der Waals surface area contributed by atoms with E-state index in [1.54, 1.807) is 6.07 Å². The number of fused-ring (bicyclic) bond motifs is 1. The maximum absolute atomic E-state index is 10.4. The van der Waals surface area contributed by atoms with Gasteiger partial charge in [-0.25, -0.2) is 4.98 Å². The van der Waals surface area contributed by atoms with Crippen LogP contribution in [0.5, 0.6) is 0 Å². The van der Waals surface area contributed by atoms with E-state index in [2.05, 4.69) is 15.6 Å². The monoisotopic (exact) mass is 284 g/mol.